The summed E-state index contributed by atoms with van der Waals surface area (Å²) in [4.78, 5) is 0. The van der Waals surface area contributed by atoms with Crippen LogP contribution in [0.25, 0.3) is 0 Å². The van der Waals surface area contributed by atoms with Gasteiger partial charge in [-0.1, -0.05) is 12.1 Å². The number of benzene rings is 1. The van der Waals surface area contributed by atoms with Gasteiger partial charge in [0.25, 0.3) is 0 Å². The van der Waals surface area contributed by atoms with Crippen molar-refractivity contribution in [2.75, 3.05) is 19.0 Å². The number of rotatable bonds is 4. The molecule has 0 aliphatic heterocycles. The predicted octanol–water partition coefficient (Wildman–Crippen LogP) is 2.40. The Hall–Kier alpha value is -1.53. The average molecular weight is 204 g/mol. The molecule has 0 radical (unpaired) electrons. The molecule has 0 aliphatic carbocycles. The van der Waals surface area contributed by atoms with Crippen molar-refractivity contribution >= 4 is 5.69 Å². The van der Waals surface area contributed by atoms with Gasteiger partial charge in [0.05, 0.1) is 16.9 Å². The standard InChI is InChI=1S/C12H16N2O/c1-12(2,15-3)9-14-11-7-5-4-6-10(11)8-13/h4-7,14H,9H2,1-3H3. The van der Waals surface area contributed by atoms with Gasteiger partial charge in [-0.15, -0.1) is 0 Å². The van der Waals surface area contributed by atoms with Crippen LogP contribution in [0.3, 0.4) is 0 Å². The normalized spacial score (nSPS) is 10.8. The SMILES string of the molecule is COC(C)(C)CNc1ccccc1C#N. The molecule has 0 atom stereocenters. The third kappa shape index (κ3) is 3.26. The molecule has 0 unspecified atom stereocenters. The molecule has 0 saturated carbocycles. The quantitative estimate of drug-likeness (QED) is 0.819. The number of nitrogens with zero attached hydrogens (tertiary/aromatic N) is 1. The number of nitrogens with one attached hydrogen (secondary N) is 1. The Morgan fingerprint density at radius 1 is 1.40 bits per heavy atom. The summed E-state index contributed by atoms with van der Waals surface area (Å²) >= 11 is 0. The molecule has 1 aromatic carbocycles. The van der Waals surface area contributed by atoms with Crippen LogP contribution < -0.4 is 5.32 Å². The largest absolute Gasteiger partial charge is 0.381 e. The summed E-state index contributed by atoms with van der Waals surface area (Å²) < 4.78 is 5.29. The van der Waals surface area contributed by atoms with Gasteiger partial charge in [-0.25, -0.2) is 0 Å². The fraction of sp³-hybridized carbons (Fsp3) is 0.417. The van der Waals surface area contributed by atoms with Gasteiger partial charge in [-0.05, 0) is 26.0 Å². The van der Waals surface area contributed by atoms with E-state index in [1.54, 1.807) is 13.2 Å². The van der Waals surface area contributed by atoms with Crippen LogP contribution in [-0.2, 0) is 4.74 Å². The van der Waals surface area contributed by atoms with E-state index in [1.807, 2.05) is 32.0 Å². The highest BCUT2D eigenvalue weighted by molar-refractivity contribution is 5.57. The highest BCUT2D eigenvalue weighted by Crippen LogP contribution is 2.15. The molecular weight excluding hydrogens is 188 g/mol. The zero-order chi connectivity index (χ0) is 11.3. The number of methoxy groups -OCH3 is 1. The lowest BCUT2D eigenvalue weighted by atomic mass is 10.1. The van der Waals surface area contributed by atoms with E-state index in [2.05, 4.69) is 11.4 Å². The number of anilines is 1. The maximum absolute atomic E-state index is 8.88. The van der Waals surface area contributed by atoms with Crippen LogP contribution in [0.1, 0.15) is 19.4 Å². The van der Waals surface area contributed by atoms with Crippen LogP contribution in [0.15, 0.2) is 24.3 Å². The Morgan fingerprint density at radius 2 is 2.07 bits per heavy atom. The highest BCUT2D eigenvalue weighted by Gasteiger charge is 2.16. The van der Waals surface area contributed by atoms with Gasteiger partial charge in [0.2, 0.25) is 0 Å². The summed E-state index contributed by atoms with van der Waals surface area (Å²) in [7, 11) is 1.68. The molecule has 1 N–H and O–H groups in total. The Bertz CT molecular complexity index is 366. The van der Waals surface area contributed by atoms with Crippen molar-refractivity contribution in [3.05, 3.63) is 29.8 Å². The van der Waals surface area contributed by atoms with Crippen molar-refractivity contribution in [1.82, 2.24) is 0 Å². The molecule has 0 saturated heterocycles. The predicted molar refractivity (Wildman–Crippen MR) is 60.7 cm³/mol. The molecule has 0 spiro atoms. The Morgan fingerprint density at radius 3 is 2.67 bits per heavy atom. The van der Waals surface area contributed by atoms with E-state index in [4.69, 9.17) is 10.00 Å². The molecule has 1 aromatic rings. The first-order chi connectivity index (χ1) is 7.09. The summed E-state index contributed by atoms with van der Waals surface area (Å²) in [6.07, 6.45) is 0. The molecule has 0 heterocycles. The van der Waals surface area contributed by atoms with Gasteiger partial charge in [-0.3, -0.25) is 0 Å². The number of ether oxygens (including phenoxy) is 1. The molecule has 1 rings (SSSR count). The van der Waals surface area contributed by atoms with Crippen molar-refractivity contribution in [1.29, 1.82) is 5.26 Å². The molecule has 0 aliphatic rings. The van der Waals surface area contributed by atoms with Crippen LogP contribution >= 0.6 is 0 Å². The van der Waals surface area contributed by atoms with E-state index in [9.17, 15) is 0 Å². The van der Waals surface area contributed by atoms with Crippen molar-refractivity contribution in [2.24, 2.45) is 0 Å². The lowest BCUT2D eigenvalue weighted by Crippen LogP contribution is -2.32. The second-order valence-electron chi connectivity index (χ2n) is 3.97. The number of para-hydroxylation sites is 1. The summed E-state index contributed by atoms with van der Waals surface area (Å²) in [5, 5.41) is 12.1. The molecule has 0 fully saturated rings. The third-order valence-corrected chi connectivity index (χ3v) is 2.30. The van der Waals surface area contributed by atoms with Crippen molar-refractivity contribution < 1.29 is 4.74 Å². The maximum Gasteiger partial charge on any atom is 0.101 e. The average Bonchev–Trinajstić information content (AvgIpc) is 2.27. The first-order valence-corrected chi connectivity index (χ1v) is 4.87. The Kier molecular flexibility index (Phi) is 3.70. The second-order valence-corrected chi connectivity index (χ2v) is 3.97. The van der Waals surface area contributed by atoms with Gasteiger partial charge in [0, 0.05) is 13.7 Å². The summed E-state index contributed by atoms with van der Waals surface area (Å²) in [5.41, 5.74) is 1.28. The molecule has 80 valence electrons. The van der Waals surface area contributed by atoms with E-state index >= 15 is 0 Å². The lowest BCUT2D eigenvalue weighted by molar-refractivity contribution is 0.0344. The van der Waals surface area contributed by atoms with E-state index in [1.165, 1.54) is 0 Å². The van der Waals surface area contributed by atoms with E-state index in [0.29, 0.717) is 12.1 Å². The zero-order valence-electron chi connectivity index (χ0n) is 9.37. The monoisotopic (exact) mass is 204 g/mol. The summed E-state index contributed by atoms with van der Waals surface area (Å²) in [6.45, 7) is 4.66. The molecule has 15 heavy (non-hydrogen) atoms. The Labute approximate surface area is 90.7 Å². The minimum atomic E-state index is -0.234. The molecule has 0 bridgehead atoms. The van der Waals surface area contributed by atoms with Crippen LogP contribution in [0.5, 0.6) is 0 Å². The second kappa shape index (κ2) is 4.81. The highest BCUT2D eigenvalue weighted by atomic mass is 16.5. The molecule has 3 nitrogen and oxygen atoms in total. The van der Waals surface area contributed by atoms with Crippen LogP contribution in [-0.4, -0.2) is 19.3 Å². The van der Waals surface area contributed by atoms with Crippen LogP contribution in [0.4, 0.5) is 5.69 Å². The van der Waals surface area contributed by atoms with Gasteiger partial charge in [0.1, 0.15) is 6.07 Å². The van der Waals surface area contributed by atoms with Gasteiger partial charge in [-0.2, -0.15) is 5.26 Å². The van der Waals surface area contributed by atoms with E-state index in [0.717, 1.165) is 5.69 Å². The minimum absolute atomic E-state index is 0.234. The van der Waals surface area contributed by atoms with Gasteiger partial charge in [0.15, 0.2) is 0 Å². The first kappa shape index (κ1) is 11.5. The number of hydrogen-bond acceptors (Lipinski definition) is 3. The minimum Gasteiger partial charge on any atom is -0.381 e. The van der Waals surface area contributed by atoms with E-state index < -0.39 is 0 Å². The number of hydrogen-bond donors (Lipinski definition) is 1. The molecule has 0 amide bonds. The summed E-state index contributed by atoms with van der Waals surface area (Å²) in [6, 6.07) is 9.59. The van der Waals surface area contributed by atoms with Crippen molar-refractivity contribution in [3.8, 4) is 6.07 Å². The maximum atomic E-state index is 8.88. The van der Waals surface area contributed by atoms with Crippen molar-refractivity contribution in [2.45, 2.75) is 19.4 Å². The molecule has 0 aromatic heterocycles. The smallest absolute Gasteiger partial charge is 0.101 e. The fourth-order valence-corrected chi connectivity index (χ4v) is 1.12. The Balaban J connectivity index is 2.70. The fourth-order valence-electron chi connectivity index (χ4n) is 1.12. The molecule has 3 heteroatoms. The summed E-state index contributed by atoms with van der Waals surface area (Å²) in [5.74, 6) is 0. The van der Waals surface area contributed by atoms with Gasteiger partial charge < -0.3 is 10.1 Å². The topological polar surface area (TPSA) is 45.0 Å². The first-order valence-electron chi connectivity index (χ1n) is 4.87. The van der Waals surface area contributed by atoms with Crippen LogP contribution in [0.2, 0.25) is 0 Å². The lowest BCUT2D eigenvalue weighted by Gasteiger charge is -2.24. The van der Waals surface area contributed by atoms with Gasteiger partial charge >= 0.3 is 0 Å². The third-order valence-electron chi connectivity index (χ3n) is 2.30. The van der Waals surface area contributed by atoms with Crippen LogP contribution in [0, 0.1) is 11.3 Å². The van der Waals surface area contributed by atoms with Crippen molar-refractivity contribution in [3.63, 3.8) is 0 Å². The zero-order valence-corrected chi connectivity index (χ0v) is 9.37. The molecular formula is C12H16N2O. The number of nitriles is 1. The van der Waals surface area contributed by atoms with E-state index in [-0.39, 0.29) is 5.60 Å².